The lowest BCUT2D eigenvalue weighted by Gasteiger charge is -2.19. The Hall–Kier alpha value is -1.68. The van der Waals surface area contributed by atoms with Crippen molar-refractivity contribution < 1.29 is 0 Å². The van der Waals surface area contributed by atoms with Crippen molar-refractivity contribution >= 4 is 0 Å². The van der Waals surface area contributed by atoms with Gasteiger partial charge in [0.25, 0.3) is 0 Å². The molecule has 2 heterocycles. The van der Waals surface area contributed by atoms with Gasteiger partial charge in [0.15, 0.2) is 0 Å². The van der Waals surface area contributed by atoms with Crippen molar-refractivity contribution in [2.45, 2.75) is 32.2 Å². The van der Waals surface area contributed by atoms with E-state index in [1.165, 1.54) is 12.8 Å². The molecule has 4 nitrogen and oxygen atoms in total. The second-order valence-electron chi connectivity index (χ2n) is 4.45. The highest BCUT2D eigenvalue weighted by Gasteiger charge is 2.13. The molecule has 2 aromatic heterocycles. The molecule has 0 spiro atoms. The Morgan fingerprint density at radius 3 is 2.72 bits per heavy atom. The highest BCUT2D eigenvalue weighted by Crippen LogP contribution is 2.24. The van der Waals surface area contributed by atoms with Crippen LogP contribution in [0.2, 0.25) is 0 Å². The Morgan fingerprint density at radius 2 is 2.06 bits per heavy atom. The van der Waals surface area contributed by atoms with Crippen LogP contribution in [0.4, 0.5) is 0 Å². The van der Waals surface area contributed by atoms with Gasteiger partial charge in [-0.25, -0.2) is 4.98 Å². The number of hydrogen-bond acceptors (Lipinski definition) is 3. The molecule has 0 fully saturated rings. The lowest BCUT2D eigenvalue weighted by molar-refractivity contribution is 0.461. The van der Waals surface area contributed by atoms with E-state index in [0.717, 1.165) is 17.7 Å². The van der Waals surface area contributed by atoms with E-state index in [2.05, 4.69) is 21.5 Å². The minimum Gasteiger partial charge on any atom is -0.328 e. The number of pyridine rings is 1. The summed E-state index contributed by atoms with van der Waals surface area (Å²) in [5.41, 5.74) is 8.14. The highest BCUT2D eigenvalue weighted by molar-refractivity contribution is 5.58. The summed E-state index contributed by atoms with van der Waals surface area (Å²) < 4.78 is 2.19. The Bertz CT molecular complexity index is 464. The molecule has 96 valence electrons. The van der Waals surface area contributed by atoms with Gasteiger partial charge in [0.1, 0.15) is 0 Å². The lowest BCUT2D eigenvalue weighted by atomic mass is 10.1. The van der Waals surface area contributed by atoms with Gasteiger partial charge in [0.05, 0.1) is 18.2 Å². The van der Waals surface area contributed by atoms with Gasteiger partial charge in [0.2, 0.25) is 0 Å². The van der Waals surface area contributed by atoms with Crippen LogP contribution in [0.5, 0.6) is 0 Å². The van der Waals surface area contributed by atoms with E-state index < -0.39 is 0 Å². The molecule has 1 unspecified atom stereocenters. The van der Waals surface area contributed by atoms with Gasteiger partial charge in [-0.2, -0.15) is 0 Å². The van der Waals surface area contributed by atoms with E-state index >= 15 is 0 Å². The number of imidazole rings is 1. The van der Waals surface area contributed by atoms with Gasteiger partial charge in [-0.1, -0.05) is 19.8 Å². The SMILES string of the molecule is CCCCC(CN)n1cncc1-c1ccncc1. The van der Waals surface area contributed by atoms with Crippen molar-refractivity contribution in [1.29, 1.82) is 0 Å². The van der Waals surface area contributed by atoms with Crippen LogP contribution in [0, 0.1) is 0 Å². The monoisotopic (exact) mass is 244 g/mol. The molecule has 4 heteroatoms. The normalized spacial score (nSPS) is 12.6. The molecular formula is C14H20N4. The fourth-order valence-corrected chi connectivity index (χ4v) is 2.15. The highest BCUT2D eigenvalue weighted by atomic mass is 15.1. The maximum atomic E-state index is 5.89. The van der Waals surface area contributed by atoms with Crippen LogP contribution in [0.3, 0.4) is 0 Å². The maximum absolute atomic E-state index is 5.89. The van der Waals surface area contributed by atoms with Crippen LogP contribution >= 0.6 is 0 Å². The largest absolute Gasteiger partial charge is 0.328 e. The second kappa shape index (κ2) is 6.31. The molecule has 2 rings (SSSR count). The van der Waals surface area contributed by atoms with E-state index in [9.17, 15) is 0 Å². The molecule has 18 heavy (non-hydrogen) atoms. The third-order valence-electron chi connectivity index (χ3n) is 3.20. The van der Waals surface area contributed by atoms with E-state index in [1.807, 2.05) is 24.7 Å². The second-order valence-corrected chi connectivity index (χ2v) is 4.45. The van der Waals surface area contributed by atoms with Crippen molar-refractivity contribution in [2.75, 3.05) is 6.54 Å². The summed E-state index contributed by atoms with van der Waals surface area (Å²) in [4.78, 5) is 8.31. The first kappa shape index (κ1) is 12.8. The first-order valence-electron chi connectivity index (χ1n) is 6.49. The molecule has 0 bridgehead atoms. The topological polar surface area (TPSA) is 56.7 Å². The zero-order valence-corrected chi connectivity index (χ0v) is 10.8. The molecule has 0 amide bonds. The summed E-state index contributed by atoms with van der Waals surface area (Å²) in [6.07, 6.45) is 10.9. The van der Waals surface area contributed by atoms with E-state index in [1.54, 1.807) is 12.4 Å². The molecule has 0 saturated heterocycles. The molecule has 0 aromatic carbocycles. The minimum atomic E-state index is 0.329. The Balaban J connectivity index is 2.26. The summed E-state index contributed by atoms with van der Waals surface area (Å²) in [6.45, 7) is 2.85. The zero-order chi connectivity index (χ0) is 12.8. The Morgan fingerprint density at radius 1 is 1.28 bits per heavy atom. The Labute approximate surface area is 108 Å². The minimum absolute atomic E-state index is 0.329. The quantitative estimate of drug-likeness (QED) is 0.849. The number of unbranched alkanes of at least 4 members (excludes halogenated alkanes) is 1. The third-order valence-corrected chi connectivity index (χ3v) is 3.20. The van der Waals surface area contributed by atoms with Gasteiger partial charge >= 0.3 is 0 Å². The van der Waals surface area contributed by atoms with Crippen molar-refractivity contribution in [3.63, 3.8) is 0 Å². The average molecular weight is 244 g/mol. The summed E-state index contributed by atoms with van der Waals surface area (Å²) in [6, 6.07) is 4.33. The van der Waals surface area contributed by atoms with E-state index in [0.29, 0.717) is 12.6 Å². The first-order valence-corrected chi connectivity index (χ1v) is 6.49. The van der Waals surface area contributed by atoms with Gasteiger partial charge in [-0.3, -0.25) is 4.98 Å². The molecule has 1 atom stereocenters. The molecule has 2 N–H and O–H groups in total. The molecule has 0 saturated carbocycles. The summed E-state index contributed by atoms with van der Waals surface area (Å²) in [7, 11) is 0. The molecule has 0 aliphatic heterocycles. The van der Waals surface area contributed by atoms with Crippen LogP contribution < -0.4 is 5.73 Å². The summed E-state index contributed by atoms with van der Waals surface area (Å²) in [5, 5.41) is 0. The standard InChI is InChI=1S/C14H20N4/c1-2-3-4-13(9-15)18-11-17-10-14(18)12-5-7-16-8-6-12/h5-8,10-11,13H,2-4,9,15H2,1H3. The summed E-state index contributed by atoms with van der Waals surface area (Å²) >= 11 is 0. The summed E-state index contributed by atoms with van der Waals surface area (Å²) in [5.74, 6) is 0. The average Bonchev–Trinajstić information content (AvgIpc) is 2.90. The van der Waals surface area contributed by atoms with Gasteiger partial charge in [-0.15, -0.1) is 0 Å². The number of rotatable bonds is 6. The first-order chi connectivity index (χ1) is 8.86. The molecule has 2 aromatic rings. The number of aromatic nitrogens is 3. The van der Waals surface area contributed by atoms with Gasteiger partial charge in [0, 0.05) is 30.5 Å². The predicted octanol–water partition coefficient (Wildman–Crippen LogP) is 2.64. The van der Waals surface area contributed by atoms with Crippen molar-refractivity contribution in [3.05, 3.63) is 37.1 Å². The van der Waals surface area contributed by atoms with Crippen LogP contribution in [-0.4, -0.2) is 21.1 Å². The van der Waals surface area contributed by atoms with Crippen molar-refractivity contribution in [3.8, 4) is 11.3 Å². The van der Waals surface area contributed by atoms with Gasteiger partial charge in [-0.05, 0) is 18.6 Å². The molecular weight excluding hydrogens is 224 g/mol. The fourth-order valence-electron chi connectivity index (χ4n) is 2.15. The van der Waals surface area contributed by atoms with E-state index in [4.69, 9.17) is 5.73 Å². The van der Waals surface area contributed by atoms with Crippen LogP contribution in [-0.2, 0) is 0 Å². The number of nitrogens with two attached hydrogens (primary N) is 1. The van der Waals surface area contributed by atoms with Crippen LogP contribution in [0.25, 0.3) is 11.3 Å². The van der Waals surface area contributed by atoms with Crippen LogP contribution in [0.15, 0.2) is 37.1 Å². The number of hydrogen-bond donors (Lipinski definition) is 1. The van der Waals surface area contributed by atoms with Gasteiger partial charge < -0.3 is 10.3 Å². The van der Waals surface area contributed by atoms with E-state index in [-0.39, 0.29) is 0 Å². The van der Waals surface area contributed by atoms with Crippen molar-refractivity contribution in [1.82, 2.24) is 14.5 Å². The predicted molar refractivity (Wildman–Crippen MR) is 73.1 cm³/mol. The zero-order valence-electron chi connectivity index (χ0n) is 10.8. The smallest absolute Gasteiger partial charge is 0.0954 e. The Kier molecular flexibility index (Phi) is 4.47. The molecule has 0 aliphatic carbocycles. The third kappa shape index (κ3) is 2.76. The lowest BCUT2D eigenvalue weighted by Crippen LogP contribution is -2.19. The number of nitrogens with zero attached hydrogens (tertiary/aromatic N) is 3. The molecule has 0 radical (unpaired) electrons. The fraction of sp³-hybridized carbons (Fsp3) is 0.429. The van der Waals surface area contributed by atoms with Crippen LogP contribution in [0.1, 0.15) is 32.2 Å². The molecule has 0 aliphatic rings. The maximum Gasteiger partial charge on any atom is 0.0954 e. The van der Waals surface area contributed by atoms with Crippen molar-refractivity contribution in [2.24, 2.45) is 5.73 Å².